The molecule has 6 heteroatoms. The van der Waals surface area contributed by atoms with Crippen LogP contribution in [-0.2, 0) is 0 Å². The fraction of sp³-hybridized carbons (Fsp3) is 0.353. The largest absolute Gasteiger partial charge is 0.355 e. The number of anilines is 1. The van der Waals surface area contributed by atoms with Crippen LogP contribution in [0.5, 0.6) is 0 Å². The number of rotatable bonds is 4. The van der Waals surface area contributed by atoms with Crippen molar-refractivity contribution in [1.82, 2.24) is 20.5 Å². The predicted octanol–water partition coefficient (Wildman–Crippen LogP) is 1.52. The summed E-state index contributed by atoms with van der Waals surface area (Å²) in [5, 5.41) is 12.0. The molecular formula is C17H21N5O. The summed E-state index contributed by atoms with van der Waals surface area (Å²) in [5.74, 6) is 0.901. The van der Waals surface area contributed by atoms with Crippen molar-refractivity contribution in [3.05, 3.63) is 52.1 Å². The molecule has 0 aliphatic carbocycles. The molecule has 0 atom stereocenters. The van der Waals surface area contributed by atoms with Gasteiger partial charge in [-0.25, -0.2) is 0 Å². The van der Waals surface area contributed by atoms with Crippen molar-refractivity contribution in [2.24, 2.45) is 0 Å². The summed E-state index contributed by atoms with van der Waals surface area (Å²) < 4.78 is 0. The van der Waals surface area contributed by atoms with Gasteiger partial charge in [0.15, 0.2) is 5.82 Å². The fourth-order valence-electron chi connectivity index (χ4n) is 2.70. The number of nitrogens with one attached hydrogen (secondary N) is 2. The molecule has 23 heavy (non-hydrogen) atoms. The highest BCUT2D eigenvalue weighted by atomic mass is 16.1. The van der Waals surface area contributed by atoms with Gasteiger partial charge in [0.05, 0.1) is 5.69 Å². The molecule has 0 spiro atoms. The lowest BCUT2D eigenvalue weighted by molar-refractivity contribution is 0.441. The van der Waals surface area contributed by atoms with E-state index >= 15 is 0 Å². The van der Waals surface area contributed by atoms with E-state index < -0.39 is 0 Å². The Morgan fingerprint density at radius 1 is 1.13 bits per heavy atom. The van der Waals surface area contributed by atoms with Crippen LogP contribution in [0.4, 0.5) is 5.82 Å². The standard InChI is InChI=1S/C17H21N5O/c1-22(15-8-10-18-11-9-15)16-6-5-14(20-21-16)4-2-13-3-7-17(23)19-12-13/h2-7,12,15,18H,8-11H2,1H3,(H,19,23)/b4-2+. The molecule has 0 saturated carbocycles. The molecule has 1 aliphatic rings. The zero-order valence-electron chi connectivity index (χ0n) is 13.2. The molecule has 120 valence electrons. The van der Waals surface area contributed by atoms with Gasteiger partial charge in [0, 0.05) is 25.4 Å². The number of aromatic amines is 1. The highest BCUT2D eigenvalue weighted by Gasteiger charge is 2.18. The first kappa shape index (κ1) is 15.4. The average Bonchev–Trinajstić information content (AvgIpc) is 2.62. The number of nitrogens with zero attached hydrogens (tertiary/aromatic N) is 3. The van der Waals surface area contributed by atoms with Crippen LogP contribution in [0, 0.1) is 0 Å². The molecule has 1 aliphatic heterocycles. The Hall–Kier alpha value is -2.47. The summed E-state index contributed by atoms with van der Waals surface area (Å²) in [7, 11) is 2.08. The third kappa shape index (κ3) is 4.04. The monoisotopic (exact) mass is 311 g/mol. The second-order valence-electron chi connectivity index (χ2n) is 5.73. The molecule has 0 unspecified atom stereocenters. The third-order valence-corrected chi connectivity index (χ3v) is 4.14. The lowest BCUT2D eigenvalue weighted by atomic mass is 10.1. The van der Waals surface area contributed by atoms with Gasteiger partial charge in [-0.15, -0.1) is 10.2 Å². The van der Waals surface area contributed by atoms with Crippen LogP contribution in [0.1, 0.15) is 24.1 Å². The summed E-state index contributed by atoms with van der Waals surface area (Å²) in [6, 6.07) is 7.75. The average molecular weight is 311 g/mol. The van der Waals surface area contributed by atoms with Crippen LogP contribution < -0.4 is 15.8 Å². The topological polar surface area (TPSA) is 73.9 Å². The summed E-state index contributed by atoms with van der Waals surface area (Å²) in [6.45, 7) is 2.12. The minimum atomic E-state index is -0.104. The Labute approximate surface area is 135 Å². The van der Waals surface area contributed by atoms with Crippen LogP contribution in [0.15, 0.2) is 35.3 Å². The molecule has 6 nitrogen and oxygen atoms in total. The second kappa shape index (κ2) is 7.19. The van der Waals surface area contributed by atoms with E-state index in [0.29, 0.717) is 6.04 Å². The quantitative estimate of drug-likeness (QED) is 0.895. The minimum absolute atomic E-state index is 0.104. The first-order chi connectivity index (χ1) is 11.2. The number of pyridine rings is 1. The van der Waals surface area contributed by atoms with Crippen LogP contribution in [0.2, 0.25) is 0 Å². The molecule has 2 N–H and O–H groups in total. The van der Waals surface area contributed by atoms with Crippen molar-refractivity contribution in [3.63, 3.8) is 0 Å². The van der Waals surface area contributed by atoms with Gasteiger partial charge in [-0.05, 0) is 55.8 Å². The Morgan fingerprint density at radius 3 is 2.61 bits per heavy atom. The van der Waals surface area contributed by atoms with Crippen LogP contribution in [0.3, 0.4) is 0 Å². The molecule has 2 aromatic rings. The minimum Gasteiger partial charge on any atom is -0.355 e. The normalized spacial score (nSPS) is 15.9. The molecular weight excluding hydrogens is 290 g/mol. The van der Waals surface area contributed by atoms with Gasteiger partial charge < -0.3 is 15.2 Å². The van der Waals surface area contributed by atoms with E-state index in [9.17, 15) is 4.79 Å². The first-order valence-corrected chi connectivity index (χ1v) is 7.86. The van der Waals surface area contributed by atoms with Gasteiger partial charge in [-0.1, -0.05) is 6.08 Å². The molecule has 0 aromatic carbocycles. The van der Waals surface area contributed by atoms with Crippen molar-refractivity contribution in [1.29, 1.82) is 0 Å². The van der Waals surface area contributed by atoms with E-state index in [1.807, 2.05) is 24.3 Å². The van der Waals surface area contributed by atoms with Gasteiger partial charge >= 0.3 is 0 Å². The van der Waals surface area contributed by atoms with Crippen LogP contribution >= 0.6 is 0 Å². The number of piperidine rings is 1. The number of hydrogen-bond donors (Lipinski definition) is 2. The maximum atomic E-state index is 11.0. The molecule has 0 amide bonds. The molecule has 3 rings (SSSR count). The number of hydrogen-bond acceptors (Lipinski definition) is 5. The van der Waals surface area contributed by atoms with Crippen molar-refractivity contribution in [2.75, 3.05) is 25.0 Å². The molecule has 0 radical (unpaired) electrons. The van der Waals surface area contributed by atoms with E-state index in [1.54, 1.807) is 12.3 Å². The number of H-pyrrole nitrogens is 1. The van der Waals surface area contributed by atoms with Crippen LogP contribution in [0.25, 0.3) is 12.2 Å². The third-order valence-electron chi connectivity index (χ3n) is 4.14. The Bertz CT molecular complexity index is 696. The number of aromatic nitrogens is 3. The summed E-state index contributed by atoms with van der Waals surface area (Å²) in [4.78, 5) is 15.9. The van der Waals surface area contributed by atoms with Crippen molar-refractivity contribution < 1.29 is 0 Å². The van der Waals surface area contributed by atoms with E-state index in [4.69, 9.17) is 0 Å². The lowest BCUT2D eigenvalue weighted by Crippen LogP contribution is -2.41. The maximum absolute atomic E-state index is 11.0. The molecule has 3 heterocycles. The second-order valence-corrected chi connectivity index (χ2v) is 5.73. The van der Waals surface area contributed by atoms with E-state index in [1.165, 1.54) is 6.07 Å². The van der Waals surface area contributed by atoms with E-state index in [-0.39, 0.29) is 5.56 Å². The van der Waals surface area contributed by atoms with Crippen molar-refractivity contribution in [3.8, 4) is 0 Å². The van der Waals surface area contributed by atoms with Crippen molar-refractivity contribution >= 4 is 18.0 Å². The van der Waals surface area contributed by atoms with Gasteiger partial charge in [0.1, 0.15) is 0 Å². The van der Waals surface area contributed by atoms with E-state index in [2.05, 4.69) is 32.4 Å². The highest BCUT2D eigenvalue weighted by molar-refractivity contribution is 5.67. The smallest absolute Gasteiger partial charge is 0.247 e. The fourth-order valence-corrected chi connectivity index (χ4v) is 2.70. The Kier molecular flexibility index (Phi) is 4.83. The maximum Gasteiger partial charge on any atom is 0.247 e. The zero-order chi connectivity index (χ0) is 16.1. The predicted molar refractivity (Wildman–Crippen MR) is 92.3 cm³/mol. The molecule has 1 saturated heterocycles. The molecule has 0 bridgehead atoms. The zero-order valence-corrected chi connectivity index (χ0v) is 13.2. The highest BCUT2D eigenvalue weighted by Crippen LogP contribution is 2.17. The van der Waals surface area contributed by atoms with Gasteiger partial charge in [0.25, 0.3) is 0 Å². The SMILES string of the molecule is CN(c1ccc(/C=C/c2ccc(=O)[nH]c2)nn1)C1CCNCC1. The Morgan fingerprint density at radius 2 is 1.96 bits per heavy atom. The summed E-state index contributed by atoms with van der Waals surface area (Å²) in [5.41, 5.74) is 1.60. The van der Waals surface area contributed by atoms with Crippen LogP contribution in [-0.4, -0.2) is 41.4 Å². The summed E-state index contributed by atoms with van der Waals surface area (Å²) >= 11 is 0. The first-order valence-electron chi connectivity index (χ1n) is 7.86. The van der Waals surface area contributed by atoms with Gasteiger partial charge in [-0.3, -0.25) is 4.79 Å². The van der Waals surface area contributed by atoms with Gasteiger partial charge in [-0.2, -0.15) is 0 Å². The van der Waals surface area contributed by atoms with E-state index in [0.717, 1.165) is 43.0 Å². The van der Waals surface area contributed by atoms with Crippen molar-refractivity contribution in [2.45, 2.75) is 18.9 Å². The lowest BCUT2D eigenvalue weighted by Gasteiger charge is -2.32. The van der Waals surface area contributed by atoms with Gasteiger partial charge in [0.2, 0.25) is 5.56 Å². The Balaban J connectivity index is 1.66. The molecule has 2 aromatic heterocycles. The summed E-state index contributed by atoms with van der Waals surface area (Å²) in [6.07, 6.45) is 7.72. The molecule has 1 fully saturated rings.